The minimum atomic E-state index is -0.738. The first kappa shape index (κ1) is 17.3. The number of amides is 3. The SMILES string of the molecule is CC(=O)N(CC1CCCO1)C1CC(=O)N(c2ccc(I)cc2)C1=O. The van der Waals surface area contributed by atoms with Crippen LogP contribution in [-0.2, 0) is 19.1 Å². The highest BCUT2D eigenvalue weighted by Crippen LogP contribution is 2.27. The fourth-order valence-electron chi connectivity index (χ4n) is 3.20. The second-order valence-electron chi connectivity index (χ2n) is 6.07. The van der Waals surface area contributed by atoms with E-state index in [0.29, 0.717) is 18.8 Å². The van der Waals surface area contributed by atoms with Gasteiger partial charge in [-0.15, -0.1) is 0 Å². The molecule has 1 aromatic carbocycles. The van der Waals surface area contributed by atoms with Crippen LogP contribution in [0.5, 0.6) is 0 Å². The molecule has 2 aliphatic rings. The molecule has 128 valence electrons. The number of carbonyl (C=O) groups excluding carboxylic acids is 3. The third-order valence-corrected chi connectivity index (χ3v) is 5.13. The van der Waals surface area contributed by atoms with Gasteiger partial charge in [-0.2, -0.15) is 0 Å². The highest BCUT2D eigenvalue weighted by Gasteiger charge is 2.44. The lowest BCUT2D eigenvalue weighted by Gasteiger charge is -2.28. The van der Waals surface area contributed by atoms with Crippen LogP contribution in [0.3, 0.4) is 0 Å². The number of ether oxygens (including phenoxy) is 1. The van der Waals surface area contributed by atoms with Crippen LogP contribution in [0.15, 0.2) is 24.3 Å². The van der Waals surface area contributed by atoms with Gasteiger partial charge in [0.1, 0.15) is 6.04 Å². The van der Waals surface area contributed by atoms with E-state index in [0.717, 1.165) is 16.4 Å². The van der Waals surface area contributed by atoms with E-state index < -0.39 is 6.04 Å². The Balaban J connectivity index is 1.80. The number of carbonyl (C=O) groups is 3. The first-order chi connectivity index (χ1) is 11.5. The number of nitrogens with zero attached hydrogens (tertiary/aromatic N) is 2. The summed E-state index contributed by atoms with van der Waals surface area (Å²) in [6.07, 6.45) is 1.81. The monoisotopic (exact) mass is 442 g/mol. The van der Waals surface area contributed by atoms with Crippen molar-refractivity contribution in [2.24, 2.45) is 0 Å². The molecule has 6 nitrogen and oxygen atoms in total. The van der Waals surface area contributed by atoms with Crippen molar-refractivity contribution in [3.8, 4) is 0 Å². The van der Waals surface area contributed by atoms with Crippen molar-refractivity contribution in [1.29, 1.82) is 0 Å². The number of benzene rings is 1. The van der Waals surface area contributed by atoms with Crippen molar-refractivity contribution in [3.63, 3.8) is 0 Å². The highest BCUT2D eigenvalue weighted by molar-refractivity contribution is 14.1. The van der Waals surface area contributed by atoms with Crippen LogP contribution in [0.25, 0.3) is 0 Å². The zero-order chi connectivity index (χ0) is 17.3. The van der Waals surface area contributed by atoms with E-state index in [-0.39, 0.29) is 30.2 Å². The minimum Gasteiger partial charge on any atom is -0.376 e. The van der Waals surface area contributed by atoms with Gasteiger partial charge in [0.05, 0.1) is 18.2 Å². The summed E-state index contributed by atoms with van der Waals surface area (Å²) in [6.45, 7) is 2.47. The molecule has 3 amide bonds. The van der Waals surface area contributed by atoms with E-state index in [4.69, 9.17) is 4.74 Å². The topological polar surface area (TPSA) is 66.9 Å². The largest absolute Gasteiger partial charge is 0.376 e. The Morgan fingerprint density at radius 1 is 1.33 bits per heavy atom. The van der Waals surface area contributed by atoms with Gasteiger partial charge >= 0.3 is 0 Å². The van der Waals surface area contributed by atoms with Crippen molar-refractivity contribution in [1.82, 2.24) is 4.90 Å². The van der Waals surface area contributed by atoms with E-state index in [1.165, 1.54) is 16.7 Å². The number of rotatable bonds is 4. The Bertz CT molecular complexity index is 655. The van der Waals surface area contributed by atoms with Gasteiger partial charge in [-0.3, -0.25) is 14.4 Å². The molecule has 2 saturated heterocycles. The molecule has 2 aliphatic heterocycles. The van der Waals surface area contributed by atoms with E-state index in [1.54, 1.807) is 12.1 Å². The second-order valence-corrected chi connectivity index (χ2v) is 7.32. The Labute approximate surface area is 154 Å². The van der Waals surface area contributed by atoms with Gasteiger partial charge < -0.3 is 9.64 Å². The van der Waals surface area contributed by atoms with E-state index >= 15 is 0 Å². The number of hydrogen-bond donors (Lipinski definition) is 0. The van der Waals surface area contributed by atoms with Gasteiger partial charge in [-0.25, -0.2) is 4.90 Å². The predicted molar refractivity (Wildman–Crippen MR) is 96.4 cm³/mol. The Hall–Kier alpha value is -1.48. The zero-order valence-corrected chi connectivity index (χ0v) is 15.6. The van der Waals surface area contributed by atoms with Crippen LogP contribution in [0.4, 0.5) is 5.69 Å². The minimum absolute atomic E-state index is 0.0249. The summed E-state index contributed by atoms with van der Waals surface area (Å²) in [5.74, 6) is -0.819. The number of halogens is 1. The first-order valence-corrected chi connectivity index (χ1v) is 9.06. The van der Waals surface area contributed by atoms with Crippen LogP contribution < -0.4 is 4.90 Å². The van der Waals surface area contributed by atoms with Crippen molar-refractivity contribution < 1.29 is 19.1 Å². The van der Waals surface area contributed by atoms with E-state index in [9.17, 15) is 14.4 Å². The first-order valence-electron chi connectivity index (χ1n) is 7.98. The van der Waals surface area contributed by atoms with Crippen molar-refractivity contribution in [3.05, 3.63) is 27.8 Å². The molecule has 2 unspecified atom stereocenters. The highest BCUT2D eigenvalue weighted by atomic mass is 127. The number of anilines is 1. The zero-order valence-electron chi connectivity index (χ0n) is 13.4. The second kappa shape index (κ2) is 7.18. The van der Waals surface area contributed by atoms with E-state index in [2.05, 4.69) is 22.6 Å². The van der Waals surface area contributed by atoms with E-state index in [1.807, 2.05) is 12.1 Å². The molecule has 0 saturated carbocycles. The molecule has 1 aromatic rings. The van der Waals surface area contributed by atoms with Crippen LogP contribution >= 0.6 is 22.6 Å². The molecule has 0 N–H and O–H groups in total. The molecule has 0 radical (unpaired) electrons. The normalized spacial score (nSPS) is 23.8. The summed E-state index contributed by atoms with van der Waals surface area (Å²) in [5.41, 5.74) is 0.550. The molecule has 0 aliphatic carbocycles. The number of hydrogen-bond acceptors (Lipinski definition) is 4. The molecule has 7 heteroatoms. The Morgan fingerprint density at radius 2 is 2.04 bits per heavy atom. The molecule has 0 spiro atoms. The van der Waals surface area contributed by atoms with Gasteiger partial charge in [-0.1, -0.05) is 0 Å². The van der Waals surface area contributed by atoms with Gasteiger partial charge in [0.15, 0.2) is 0 Å². The number of imide groups is 1. The lowest BCUT2D eigenvalue weighted by atomic mass is 10.1. The molecule has 2 fully saturated rings. The standard InChI is InChI=1S/C17H19IN2O4/c1-11(21)19(10-14-3-2-8-24-14)15-9-16(22)20(17(15)23)13-6-4-12(18)5-7-13/h4-7,14-15H,2-3,8-10H2,1H3. The van der Waals surface area contributed by atoms with Crippen molar-refractivity contribution in [2.45, 2.75) is 38.3 Å². The molecular formula is C17H19IN2O4. The van der Waals surface area contributed by atoms with Crippen LogP contribution in [0.1, 0.15) is 26.2 Å². The summed E-state index contributed by atoms with van der Waals surface area (Å²) in [4.78, 5) is 39.9. The third kappa shape index (κ3) is 3.46. The molecule has 2 atom stereocenters. The summed E-state index contributed by atoms with van der Waals surface area (Å²) in [6, 6.07) is 6.45. The summed E-state index contributed by atoms with van der Waals surface area (Å²) >= 11 is 2.17. The fraction of sp³-hybridized carbons (Fsp3) is 0.471. The maximum absolute atomic E-state index is 12.8. The molecule has 0 aromatic heterocycles. The fourth-order valence-corrected chi connectivity index (χ4v) is 3.56. The summed E-state index contributed by atoms with van der Waals surface area (Å²) < 4.78 is 6.60. The average molecular weight is 442 g/mol. The Morgan fingerprint density at radius 3 is 2.62 bits per heavy atom. The molecular weight excluding hydrogens is 423 g/mol. The van der Waals surface area contributed by atoms with Gasteiger partial charge in [0.25, 0.3) is 5.91 Å². The maximum Gasteiger partial charge on any atom is 0.257 e. The van der Waals surface area contributed by atoms with Gasteiger partial charge in [0, 0.05) is 23.6 Å². The Kier molecular flexibility index (Phi) is 5.19. The van der Waals surface area contributed by atoms with Gasteiger partial charge in [0.2, 0.25) is 11.8 Å². The lowest BCUT2D eigenvalue weighted by Crippen LogP contribution is -2.47. The summed E-state index contributed by atoms with van der Waals surface area (Å²) in [7, 11) is 0. The molecule has 2 heterocycles. The predicted octanol–water partition coefficient (Wildman–Crippen LogP) is 1.95. The molecule has 3 rings (SSSR count). The van der Waals surface area contributed by atoms with Gasteiger partial charge in [-0.05, 0) is 59.7 Å². The molecule has 0 bridgehead atoms. The van der Waals surface area contributed by atoms with Crippen LogP contribution in [-0.4, -0.2) is 47.9 Å². The quantitative estimate of drug-likeness (QED) is 0.528. The van der Waals surface area contributed by atoms with Crippen LogP contribution in [0.2, 0.25) is 0 Å². The van der Waals surface area contributed by atoms with Crippen LogP contribution in [0, 0.1) is 3.57 Å². The third-order valence-electron chi connectivity index (χ3n) is 4.41. The van der Waals surface area contributed by atoms with Crippen molar-refractivity contribution >= 4 is 46.0 Å². The molecule has 24 heavy (non-hydrogen) atoms. The lowest BCUT2D eigenvalue weighted by molar-refractivity contribution is -0.138. The smallest absolute Gasteiger partial charge is 0.257 e. The average Bonchev–Trinajstić information content (AvgIpc) is 3.14. The summed E-state index contributed by atoms with van der Waals surface area (Å²) in [5, 5.41) is 0. The van der Waals surface area contributed by atoms with Crippen molar-refractivity contribution in [2.75, 3.05) is 18.1 Å². The maximum atomic E-state index is 12.8.